The molecule has 2 aromatic rings. The molecule has 1 aromatic heterocycles. The van der Waals surface area contributed by atoms with Gasteiger partial charge in [0.2, 0.25) is 5.76 Å². The molecule has 20 heavy (non-hydrogen) atoms. The maximum Gasteiger partial charge on any atom is 0.382 e. The molecule has 1 aromatic carbocycles. The number of hydrogen-bond donors (Lipinski definition) is 0. The van der Waals surface area contributed by atoms with Gasteiger partial charge < -0.3 is 9.26 Å². The highest BCUT2D eigenvalue weighted by Gasteiger charge is 2.25. The third-order valence-corrected chi connectivity index (χ3v) is 3.83. The van der Waals surface area contributed by atoms with Gasteiger partial charge in [0.1, 0.15) is 5.75 Å². The second-order valence-electron chi connectivity index (χ2n) is 5.28. The fraction of sp³-hybridized carbons (Fsp3) is 0.375. The van der Waals surface area contributed by atoms with Crippen molar-refractivity contribution >= 4 is 5.97 Å². The molecule has 0 N–H and O–H groups in total. The van der Waals surface area contributed by atoms with E-state index in [1.807, 2.05) is 26.0 Å². The van der Waals surface area contributed by atoms with Crippen LogP contribution in [0.25, 0.3) is 0 Å². The van der Waals surface area contributed by atoms with Crippen LogP contribution < -0.4 is 4.74 Å². The van der Waals surface area contributed by atoms with Gasteiger partial charge in [0, 0.05) is 5.56 Å². The smallest absolute Gasteiger partial charge is 0.382 e. The van der Waals surface area contributed by atoms with E-state index < -0.39 is 5.97 Å². The minimum atomic E-state index is -0.455. The Bertz CT molecular complexity index is 658. The Kier molecular flexibility index (Phi) is 3.30. The first-order valence-electron chi connectivity index (χ1n) is 6.92. The Morgan fingerprint density at radius 1 is 1.20 bits per heavy atom. The molecule has 0 aliphatic heterocycles. The molecule has 0 atom stereocenters. The molecule has 0 saturated heterocycles. The summed E-state index contributed by atoms with van der Waals surface area (Å²) < 4.78 is 10.6. The molecule has 0 fully saturated rings. The summed E-state index contributed by atoms with van der Waals surface area (Å²) in [5.74, 6) is 0.348. The van der Waals surface area contributed by atoms with E-state index in [-0.39, 0.29) is 5.76 Å². The summed E-state index contributed by atoms with van der Waals surface area (Å²) >= 11 is 0. The highest BCUT2D eigenvalue weighted by atomic mass is 16.6. The number of aromatic nitrogens is 1. The second kappa shape index (κ2) is 5.12. The number of nitrogens with zero attached hydrogens (tertiary/aromatic N) is 1. The number of carbonyl (C=O) groups is 1. The van der Waals surface area contributed by atoms with Crippen LogP contribution in [0.4, 0.5) is 0 Å². The van der Waals surface area contributed by atoms with Gasteiger partial charge in [0.05, 0.1) is 5.69 Å². The van der Waals surface area contributed by atoms with E-state index in [2.05, 4.69) is 5.16 Å². The van der Waals surface area contributed by atoms with Gasteiger partial charge in [-0.25, -0.2) is 4.79 Å². The number of aryl methyl sites for hydroxylation is 3. The summed E-state index contributed by atoms with van der Waals surface area (Å²) in [4.78, 5) is 12.2. The minimum Gasteiger partial charge on any atom is -0.421 e. The quantitative estimate of drug-likeness (QED) is 0.620. The van der Waals surface area contributed by atoms with Crippen molar-refractivity contribution in [2.45, 2.75) is 39.5 Å². The van der Waals surface area contributed by atoms with Crippen LogP contribution in [0.3, 0.4) is 0 Å². The molecule has 4 heteroatoms. The van der Waals surface area contributed by atoms with Gasteiger partial charge in [-0.1, -0.05) is 11.2 Å². The molecule has 0 unspecified atom stereocenters. The number of ether oxygens (including phenoxy) is 1. The second-order valence-corrected chi connectivity index (χ2v) is 5.28. The van der Waals surface area contributed by atoms with Crippen LogP contribution in [0.1, 0.15) is 45.8 Å². The van der Waals surface area contributed by atoms with E-state index >= 15 is 0 Å². The molecule has 1 heterocycles. The van der Waals surface area contributed by atoms with Gasteiger partial charge in [-0.3, -0.25) is 0 Å². The molecule has 0 spiro atoms. The molecular formula is C16H17NO3. The van der Waals surface area contributed by atoms with Crippen molar-refractivity contribution in [3.05, 3.63) is 46.3 Å². The Morgan fingerprint density at radius 2 is 2.00 bits per heavy atom. The number of benzene rings is 1. The minimum absolute atomic E-state index is 0.262. The number of fused-ring (bicyclic) bond motifs is 1. The summed E-state index contributed by atoms with van der Waals surface area (Å²) in [6.07, 6.45) is 3.90. The highest BCUT2D eigenvalue weighted by molar-refractivity contribution is 5.90. The van der Waals surface area contributed by atoms with Crippen molar-refractivity contribution in [3.63, 3.8) is 0 Å². The molecule has 0 bridgehead atoms. The van der Waals surface area contributed by atoms with Crippen molar-refractivity contribution in [1.29, 1.82) is 0 Å². The van der Waals surface area contributed by atoms with Crippen molar-refractivity contribution in [2.75, 3.05) is 0 Å². The van der Waals surface area contributed by atoms with Gasteiger partial charge in [0.15, 0.2) is 0 Å². The van der Waals surface area contributed by atoms with Gasteiger partial charge in [-0.05, 0) is 62.8 Å². The average Bonchev–Trinajstić information content (AvgIpc) is 2.87. The molecule has 0 amide bonds. The normalized spacial score (nSPS) is 13.9. The molecule has 1 aliphatic rings. The summed E-state index contributed by atoms with van der Waals surface area (Å²) in [7, 11) is 0. The molecule has 3 rings (SSSR count). The topological polar surface area (TPSA) is 52.3 Å². The largest absolute Gasteiger partial charge is 0.421 e. The lowest BCUT2D eigenvalue weighted by atomic mass is 9.96. The van der Waals surface area contributed by atoms with Crippen LogP contribution in [-0.4, -0.2) is 11.1 Å². The summed E-state index contributed by atoms with van der Waals surface area (Å²) in [6.45, 7) is 4.01. The third-order valence-electron chi connectivity index (χ3n) is 3.83. The maximum atomic E-state index is 12.2. The number of hydrogen-bond acceptors (Lipinski definition) is 4. The van der Waals surface area contributed by atoms with Crippen molar-refractivity contribution in [2.24, 2.45) is 0 Å². The maximum absolute atomic E-state index is 12.2. The predicted molar refractivity (Wildman–Crippen MR) is 74.0 cm³/mol. The lowest BCUT2D eigenvalue weighted by Gasteiger charge is -2.09. The van der Waals surface area contributed by atoms with E-state index in [9.17, 15) is 4.79 Å². The molecule has 0 saturated carbocycles. The molecule has 104 valence electrons. The van der Waals surface area contributed by atoms with E-state index in [1.54, 1.807) is 6.07 Å². The van der Waals surface area contributed by atoms with E-state index in [4.69, 9.17) is 9.26 Å². The third kappa shape index (κ3) is 2.33. The van der Waals surface area contributed by atoms with Crippen LogP contribution >= 0.6 is 0 Å². The van der Waals surface area contributed by atoms with Crippen LogP contribution in [0.5, 0.6) is 5.75 Å². The molecular weight excluding hydrogens is 254 g/mol. The number of carbonyl (C=O) groups excluding carboxylic acids is 1. The van der Waals surface area contributed by atoms with Crippen LogP contribution in [-0.2, 0) is 12.8 Å². The Balaban J connectivity index is 1.82. The van der Waals surface area contributed by atoms with Gasteiger partial charge in [-0.2, -0.15) is 0 Å². The van der Waals surface area contributed by atoms with Gasteiger partial charge in [0.25, 0.3) is 0 Å². The molecule has 1 aliphatic carbocycles. The first-order valence-corrected chi connectivity index (χ1v) is 6.92. The standard InChI is InChI=1S/C16H17NO3/c1-10-7-8-12(9-11(10)2)19-16(18)15-13-5-3-4-6-14(13)17-20-15/h7-9H,3-6H2,1-2H3. The Labute approximate surface area is 117 Å². The van der Waals surface area contributed by atoms with Gasteiger partial charge in [-0.15, -0.1) is 0 Å². The zero-order valence-electron chi connectivity index (χ0n) is 11.7. The predicted octanol–water partition coefficient (Wildman–Crippen LogP) is 3.39. The average molecular weight is 271 g/mol. The van der Waals surface area contributed by atoms with Gasteiger partial charge >= 0.3 is 5.97 Å². The molecule has 0 radical (unpaired) electrons. The van der Waals surface area contributed by atoms with Crippen LogP contribution in [0.2, 0.25) is 0 Å². The molecule has 4 nitrogen and oxygen atoms in total. The highest BCUT2D eigenvalue weighted by Crippen LogP contribution is 2.25. The number of rotatable bonds is 2. The van der Waals surface area contributed by atoms with E-state index in [1.165, 1.54) is 5.56 Å². The van der Waals surface area contributed by atoms with Crippen molar-refractivity contribution < 1.29 is 14.1 Å². The SMILES string of the molecule is Cc1ccc(OC(=O)c2onc3c2CCCC3)cc1C. The Morgan fingerprint density at radius 3 is 2.80 bits per heavy atom. The zero-order chi connectivity index (χ0) is 14.1. The zero-order valence-corrected chi connectivity index (χ0v) is 11.7. The fourth-order valence-corrected chi connectivity index (χ4v) is 2.48. The Hall–Kier alpha value is -2.10. The van der Waals surface area contributed by atoms with Crippen LogP contribution in [0, 0.1) is 13.8 Å². The monoisotopic (exact) mass is 271 g/mol. The summed E-state index contributed by atoms with van der Waals surface area (Å²) in [6, 6.07) is 5.59. The first-order chi connectivity index (χ1) is 9.65. The number of esters is 1. The fourth-order valence-electron chi connectivity index (χ4n) is 2.48. The lowest BCUT2D eigenvalue weighted by Crippen LogP contribution is -2.12. The van der Waals surface area contributed by atoms with E-state index in [0.717, 1.165) is 42.5 Å². The summed E-state index contributed by atoms with van der Waals surface area (Å²) in [5.41, 5.74) is 4.09. The van der Waals surface area contributed by atoms with Crippen molar-refractivity contribution in [1.82, 2.24) is 5.16 Å². The van der Waals surface area contributed by atoms with Crippen LogP contribution in [0.15, 0.2) is 22.7 Å². The van der Waals surface area contributed by atoms with Crippen molar-refractivity contribution in [3.8, 4) is 5.75 Å². The lowest BCUT2D eigenvalue weighted by molar-refractivity contribution is 0.0689. The summed E-state index contributed by atoms with van der Waals surface area (Å²) in [5, 5.41) is 3.98. The first kappa shape index (κ1) is 12.9. The van der Waals surface area contributed by atoms with E-state index in [0.29, 0.717) is 5.75 Å².